The third kappa shape index (κ3) is 4.96. The lowest BCUT2D eigenvalue weighted by molar-refractivity contribution is -0.122. The zero-order valence-electron chi connectivity index (χ0n) is 12.9. The molecule has 0 saturated heterocycles. The monoisotopic (exact) mass is 290 g/mol. The first-order valence-electron chi connectivity index (χ1n) is 7.83. The molecular formula is C17H26N2O2. The number of hydrogen-bond acceptors (Lipinski definition) is 3. The number of rotatable bonds is 6. The summed E-state index contributed by atoms with van der Waals surface area (Å²) in [5, 5.41) is 3.04. The minimum Gasteiger partial charge on any atom is -0.491 e. The van der Waals surface area contributed by atoms with Crippen LogP contribution in [0.15, 0.2) is 24.3 Å². The van der Waals surface area contributed by atoms with E-state index in [4.69, 9.17) is 10.5 Å². The molecule has 1 aromatic carbocycles. The van der Waals surface area contributed by atoms with Gasteiger partial charge in [-0.1, -0.05) is 38.3 Å². The van der Waals surface area contributed by atoms with Gasteiger partial charge in [0.25, 0.3) is 0 Å². The highest BCUT2D eigenvalue weighted by Crippen LogP contribution is 2.34. The first-order chi connectivity index (χ1) is 10.1. The minimum absolute atomic E-state index is 0.0521. The minimum atomic E-state index is 0.0521. The van der Waals surface area contributed by atoms with E-state index in [1.54, 1.807) is 6.07 Å². The van der Waals surface area contributed by atoms with Gasteiger partial charge in [-0.25, -0.2) is 0 Å². The first kappa shape index (κ1) is 15.7. The van der Waals surface area contributed by atoms with E-state index >= 15 is 0 Å². The lowest BCUT2D eigenvalue weighted by atomic mass is 9.76. The number of carbonyl (C=O) groups is 1. The molecule has 0 radical (unpaired) electrons. The number of hydrogen-bond donors (Lipinski definition) is 2. The molecule has 2 rings (SSSR count). The van der Waals surface area contributed by atoms with E-state index < -0.39 is 0 Å². The summed E-state index contributed by atoms with van der Waals surface area (Å²) in [6.45, 7) is 3.41. The molecule has 1 aliphatic rings. The average molecular weight is 290 g/mol. The Labute approximate surface area is 127 Å². The van der Waals surface area contributed by atoms with Crippen LogP contribution in [0.1, 0.15) is 45.4 Å². The molecule has 1 saturated carbocycles. The lowest BCUT2D eigenvalue weighted by Crippen LogP contribution is -2.37. The number of nitrogen functional groups attached to an aromatic ring is 1. The molecule has 0 heterocycles. The van der Waals surface area contributed by atoms with Crippen molar-refractivity contribution in [2.24, 2.45) is 5.41 Å². The largest absolute Gasteiger partial charge is 0.491 e. The Hall–Kier alpha value is -1.71. The Morgan fingerprint density at radius 3 is 2.71 bits per heavy atom. The van der Waals surface area contributed by atoms with Gasteiger partial charge in [-0.15, -0.1) is 0 Å². The van der Waals surface area contributed by atoms with Gasteiger partial charge in [0.2, 0.25) is 5.91 Å². The molecule has 116 valence electrons. The van der Waals surface area contributed by atoms with Crippen molar-refractivity contribution in [2.75, 3.05) is 18.9 Å². The molecule has 4 nitrogen and oxygen atoms in total. The highest BCUT2D eigenvalue weighted by molar-refractivity contribution is 5.76. The Bertz CT molecular complexity index is 468. The van der Waals surface area contributed by atoms with Crippen LogP contribution in [0.25, 0.3) is 0 Å². The second-order valence-corrected chi connectivity index (χ2v) is 6.28. The maximum atomic E-state index is 11.9. The van der Waals surface area contributed by atoms with Crippen molar-refractivity contribution in [1.82, 2.24) is 5.32 Å². The summed E-state index contributed by atoms with van der Waals surface area (Å²) in [5.41, 5.74) is 6.67. The Balaban J connectivity index is 1.67. The van der Waals surface area contributed by atoms with Crippen molar-refractivity contribution in [1.29, 1.82) is 0 Å². The number of para-hydroxylation sites is 2. The number of ether oxygens (including phenoxy) is 1. The van der Waals surface area contributed by atoms with E-state index in [1.807, 2.05) is 18.2 Å². The van der Waals surface area contributed by atoms with Gasteiger partial charge >= 0.3 is 0 Å². The van der Waals surface area contributed by atoms with Gasteiger partial charge in [0.1, 0.15) is 5.75 Å². The summed E-state index contributed by atoms with van der Waals surface area (Å²) in [6.07, 6.45) is 6.68. The van der Waals surface area contributed by atoms with Crippen LogP contribution >= 0.6 is 0 Å². The van der Waals surface area contributed by atoms with Crippen molar-refractivity contribution < 1.29 is 9.53 Å². The number of benzene rings is 1. The molecule has 4 heteroatoms. The number of amides is 1. The Morgan fingerprint density at radius 1 is 1.29 bits per heavy atom. The zero-order valence-corrected chi connectivity index (χ0v) is 12.9. The molecule has 0 spiro atoms. The topological polar surface area (TPSA) is 64.3 Å². The van der Waals surface area contributed by atoms with Crippen LogP contribution in [0.4, 0.5) is 5.69 Å². The quantitative estimate of drug-likeness (QED) is 0.791. The van der Waals surface area contributed by atoms with Crippen molar-refractivity contribution in [2.45, 2.75) is 45.4 Å². The van der Waals surface area contributed by atoms with Crippen molar-refractivity contribution in [3.63, 3.8) is 0 Å². The maximum Gasteiger partial charge on any atom is 0.223 e. The third-order valence-corrected chi connectivity index (χ3v) is 4.28. The van der Waals surface area contributed by atoms with E-state index in [-0.39, 0.29) is 11.3 Å². The van der Waals surface area contributed by atoms with Gasteiger partial charge in [-0.05, 0) is 30.4 Å². The SMILES string of the molecule is CC1(CNC(=O)CCOc2ccccc2N)CCCCC1. The fourth-order valence-corrected chi connectivity index (χ4v) is 2.85. The first-order valence-corrected chi connectivity index (χ1v) is 7.83. The van der Waals surface area contributed by atoms with Crippen molar-refractivity contribution in [3.05, 3.63) is 24.3 Å². The predicted molar refractivity (Wildman–Crippen MR) is 85.2 cm³/mol. The van der Waals surface area contributed by atoms with E-state index in [1.165, 1.54) is 32.1 Å². The summed E-state index contributed by atoms with van der Waals surface area (Å²) in [4.78, 5) is 11.9. The van der Waals surface area contributed by atoms with Crippen LogP contribution in [-0.4, -0.2) is 19.1 Å². The van der Waals surface area contributed by atoms with Crippen LogP contribution in [-0.2, 0) is 4.79 Å². The summed E-state index contributed by atoms with van der Waals surface area (Å²) in [7, 11) is 0. The summed E-state index contributed by atoms with van der Waals surface area (Å²) in [6, 6.07) is 7.34. The van der Waals surface area contributed by atoms with Crippen LogP contribution in [0.3, 0.4) is 0 Å². The molecule has 1 fully saturated rings. The predicted octanol–water partition coefficient (Wildman–Crippen LogP) is 3.12. The molecule has 3 N–H and O–H groups in total. The van der Waals surface area contributed by atoms with Gasteiger partial charge in [0.05, 0.1) is 18.7 Å². The van der Waals surface area contributed by atoms with Crippen LogP contribution in [0.2, 0.25) is 0 Å². The number of carbonyl (C=O) groups excluding carboxylic acids is 1. The van der Waals surface area contributed by atoms with Gasteiger partial charge in [0.15, 0.2) is 0 Å². The smallest absolute Gasteiger partial charge is 0.223 e. The van der Waals surface area contributed by atoms with Crippen molar-refractivity contribution >= 4 is 11.6 Å². The van der Waals surface area contributed by atoms with Crippen LogP contribution < -0.4 is 15.8 Å². The van der Waals surface area contributed by atoms with Gasteiger partial charge < -0.3 is 15.8 Å². The van der Waals surface area contributed by atoms with E-state index in [9.17, 15) is 4.79 Å². The molecule has 21 heavy (non-hydrogen) atoms. The van der Waals surface area contributed by atoms with Crippen molar-refractivity contribution in [3.8, 4) is 5.75 Å². The van der Waals surface area contributed by atoms with E-state index in [0.29, 0.717) is 24.5 Å². The molecule has 0 bridgehead atoms. The Kier molecular flexibility index (Phi) is 5.48. The highest BCUT2D eigenvalue weighted by atomic mass is 16.5. The highest BCUT2D eigenvalue weighted by Gasteiger charge is 2.26. The number of nitrogens with two attached hydrogens (primary N) is 1. The van der Waals surface area contributed by atoms with E-state index in [0.717, 1.165) is 6.54 Å². The van der Waals surface area contributed by atoms with E-state index in [2.05, 4.69) is 12.2 Å². The van der Waals surface area contributed by atoms with Gasteiger partial charge in [0, 0.05) is 6.54 Å². The average Bonchev–Trinajstić information content (AvgIpc) is 2.48. The van der Waals surface area contributed by atoms with Gasteiger partial charge in [-0.2, -0.15) is 0 Å². The molecule has 0 aromatic heterocycles. The zero-order chi connectivity index (χ0) is 15.1. The fourth-order valence-electron chi connectivity index (χ4n) is 2.85. The normalized spacial score (nSPS) is 17.2. The summed E-state index contributed by atoms with van der Waals surface area (Å²) in [5.74, 6) is 0.695. The fraction of sp³-hybridized carbons (Fsp3) is 0.588. The molecule has 1 aromatic rings. The number of anilines is 1. The lowest BCUT2D eigenvalue weighted by Gasteiger charge is -2.33. The second kappa shape index (κ2) is 7.34. The second-order valence-electron chi connectivity index (χ2n) is 6.28. The van der Waals surface area contributed by atoms with Gasteiger partial charge in [-0.3, -0.25) is 4.79 Å². The summed E-state index contributed by atoms with van der Waals surface area (Å²) < 4.78 is 5.54. The molecular weight excluding hydrogens is 264 g/mol. The maximum absolute atomic E-state index is 11.9. The molecule has 0 unspecified atom stereocenters. The third-order valence-electron chi connectivity index (χ3n) is 4.28. The van der Waals surface area contributed by atoms with Crippen LogP contribution in [0, 0.1) is 5.41 Å². The molecule has 1 amide bonds. The molecule has 0 atom stereocenters. The number of nitrogens with one attached hydrogen (secondary N) is 1. The standard InChI is InChI=1S/C17H26N2O2/c1-17(10-5-2-6-11-17)13-19-16(20)9-12-21-15-8-4-3-7-14(15)18/h3-4,7-8H,2,5-6,9-13,18H2,1H3,(H,19,20). The van der Waals surface area contributed by atoms with Crippen LogP contribution in [0.5, 0.6) is 5.75 Å². The molecule has 0 aliphatic heterocycles. The summed E-state index contributed by atoms with van der Waals surface area (Å²) >= 11 is 0. The molecule has 1 aliphatic carbocycles. The Morgan fingerprint density at radius 2 is 2.00 bits per heavy atom.